The van der Waals surface area contributed by atoms with Gasteiger partial charge < -0.3 is 9.72 Å². The van der Waals surface area contributed by atoms with Crippen molar-refractivity contribution in [3.63, 3.8) is 0 Å². The van der Waals surface area contributed by atoms with Gasteiger partial charge in [-0.15, -0.1) is 0 Å². The average Bonchev–Trinajstić information content (AvgIpc) is 2.64. The summed E-state index contributed by atoms with van der Waals surface area (Å²) in [5.74, 6) is 1.29. The van der Waals surface area contributed by atoms with Crippen LogP contribution in [-0.2, 0) is 0 Å². The smallest absolute Gasteiger partial charge is 0.248 e. The van der Waals surface area contributed by atoms with Crippen molar-refractivity contribution in [1.29, 1.82) is 0 Å². The van der Waals surface area contributed by atoms with Crippen LogP contribution < -0.4 is 10.3 Å². The van der Waals surface area contributed by atoms with Gasteiger partial charge in [0.1, 0.15) is 11.4 Å². The molecular formula is C15H16INO2. The van der Waals surface area contributed by atoms with Crippen LogP contribution >= 0.6 is 22.6 Å². The van der Waals surface area contributed by atoms with Gasteiger partial charge in [0.25, 0.3) is 0 Å². The van der Waals surface area contributed by atoms with E-state index in [9.17, 15) is 4.79 Å². The summed E-state index contributed by atoms with van der Waals surface area (Å²) in [6, 6.07) is 5.58. The Morgan fingerprint density at radius 2 is 2.21 bits per heavy atom. The molecule has 2 aromatic rings. The monoisotopic (exact) mass is 369 g/mol. The minimum absolute atomic E-state index is 0.0711. The topological polar surface area (TPSA) is 42.1 Å². The highest BCUT2D eigenvalue weighted by molar-refractivity contribution is 14.1. The maximum absolute atomic E-state index is 11.5. The molecule has 0 unspecified atom stereocenters. The Morgan fingerprint density at radius 3 is 2.89 bits per heavy atom. The molecule has 2 heterocycles. The summed E-state index contributed by atoms with van der Waals surface area (Å²) < 4.78 is 7.17. The lowest BCUT2D eigenvalue weighted by molar-refractivity contribution is 0.126. The lowest BCUT2D eigenvalue weighted by atomic mass is 9.87. The van der Waals surface area contributed by atoms with Crippen LogP contribution in [0.5, 0.6) is 5.75 Å². The fourth-order valence-electron chi connectivity index (χ4n) is 2.73. The number of aryl methyl sites for hydroxylation is 1. The van der Waals surface area contributed by atoms with Crippen LogP contribution in [0, 0.1) is 6.92 Å². The molecule has 1 aromatic carbocycles. The van der Waals surface area contributed by atoms with Gasteiger partial charge in [-0.25, -0.2) is 0 Å². The van der Waals surface area contributed by atoms with Gasteiger partial charge in [0.05, 0.1) is 5.52 Å². The first-order valence-electron chi connectivity index (χ1n) is 6.38. The third kappa shape index (κ3) is 1.80. The number of aromatic amines is 1. The molecule has 1 aromatic heterocycles. The maximum Gasteiger partial charge on any atom is 0.248 e. The van der Waals surface area contributed by atoms with E-state index in [-0.39, 0.29) is 11.2 Å². The summed E-state index contributed by atoms with van der Waals surface area (Å²) in [7, 11) is 0. The van der Waals surface area contributed by atoms with E-state index in [1.807, 2.05) is 13.0 Å². The van der Waals surface area contributed by atoms with Crippen LogP contribution in [0.1, 0.15) is 30.9 Å². The number of alkyl halides is 1. The summed E-state index contributed by atoms with van der Waals surface area (Å²) in [6.07, 6.45) is 0. The molecule has 0 spiro atoms. The molecular weight excluding hydrogens is 353 g/mol. The van der Waals surface area contributed by atoms with Crippen molar-refractivity contribution in [3.05, 3.63) is 39.7 Å². The molecule has 3 rings (SSSR count). The molecule has 1 N–H and O–H groups in total. The first-order valence-corrected chi connectivity index (χ1v) is 7.90. The second-order valence-corrected chi connectivity index (χ2v) is 6.26. The number of H-pyrrole nitrogens is 1. The third-order valence-corrected chi connectivity index (χ3v) is 5.69. The van der Waals surface area contributed by atoms with Crippen LogP contribution in [0.4, 0.5) is 0 Å². The molecule has 0 fully saturated rings. The van der Waals surface area contributed by atoms with E-state index in [0.29, 0.717) is 5.92 Å². The third-order valence-electron chi connectivity index (χ3n) is 4.18. The Hall–Kier alpha value is -1.04. The predicted molar refractivity (Wildman–Crippen MR) is 85.6 cm³/mol. The minimum atomic E-state index is -0.167. The number of pyridine rings is 1. The summed E-state index contributed by atoms with van der Waals surface area (Å²) in [5.41, 5.74) is 2.99. The van der Waals surface area contributed by atoms with Crippen LogP contribution in [0.3, 0.4) is 0 Å². The van der Waals surface area contributed by atoms with Crippen LogP contribution in [0.25, 0.3) is 10.9 Å². The molecule has 0 amide bonds. The number of nitrogens with one attached hydrogen (secondary N) is 1. The van der Waals surface area contributed by atoms with Crippen molar-refractivity contribution >= 4 is 33.5 Å². The zero-order chi connectivity index (χ0) is 13.8. The van der Waals surface area contributed by atoms with Gasteiger partial charge in [-0.1, -0.05) is 29.5 Å². The van der Waals surface area contributed by atoms with E-state index >= 15 is 0 Å². The number of fused-ring (bicyclic) bond motifs is 3. The van der Waals surface area contributed by atoms with Crippen molar-refractivity contribution in [1.82, 2.24) is 4.98 Å². The SMILES string of the molecule is Cc1cc2c(c3ccc(=O)[nH]c13)O[C@@](C)(CI)[C@H]2C. The van der Waals surface area contributed by atoms with Crippen LogP contribution in [0.2, 0.25) is 0 Å². The molecule has 0 aliphatic carbocycles. The second kappa shape index (κ2) is 4.23. The number of benzene rings is 1. The largest absolute Gasteiger partial charge is 0.485 e. The van der Waals surface area contributed by atoms with Crippen molar-refractivity contribution in [3.8, 4) is 5.75 Å². The summed E-state index contributed by atoms with van der Waals surface area (Å²) in [5, 5.41) is 1.01. The van der Waals surface area contributed by atoms with Gasteiger partial charge in [-0.3, -0.25) is 4.79 Å². The molecule has 19 heavy (non-hydrogen) atoms. The number of halogens is 1. The second-order valence-electron chi connectivity index (χ2n) is 5.49. The molecule has 0 saturated carbocycles. The first-order chi connectivity index (χ1) is 8.96. The molecule has 0 radical (unpaired) electrons. The van der Waals surface area contributed by atoms with E-state index in [1.165, 1.54) is 5.56 Å². The fourth-order valence-corrected chi connectivity index (χ4v) is 3.55. The highest BCUT2D eigenvalue weighted by Crippen LogP contribution is 2.48. The van der Waals surface area contributed by atoms with Crippen molar-refractivity contribution < 1.29 is 4.74 Å². The molecule has 0 bridgehead atoms. The molecule has 2 atom stereocenters. The Kier molecular flexibility index (Phi) is 2.89. The normalized spacial score (nSPS) is 25.4. The lowest BCUT2D eigenvalue weighted by Crippen LogP contribution is -2.34. The number of hydrogen-bond acceptors (Lipinski definition) is 2. The number of aromatic nitrogens is 1. The Balaban J connectivity index is 2.34. The summed E-state index contributed by atoms with van der Waals surface area (Å²) in [6.45, 7) is 6.39. The predicted octanol–water partition coefficient (Wildman–Crippen LogP) is 3.53. The van der Waals surface area contributed by atoms with Gasteiger partial charge in [0, 0.05) is 27.4 Å². The van der Waals surface area contributed by atoms with Gasteiger partial charge in [0.2, 0.25) is 5.56 Å². The molecule has 0 saturated heterocycles. The van der Waals surface area contributed by atoms with Crippen LogP contribution in [-0.4, -0.2) is 15.0 Å². The molecule has 3 nitrogen and oxygen atoms in total. The van der Waals surface area contributed by atoms with Gasteiger partial charge in [0.15, 0.2) is 0 Å². The van der Waals surface area contributed by atoms with Crippen molar-refractivity contribution in [2.24, 2.45) is 0 Å². The Labute approximate surface area is 125 Å². The molecule has 100 valence electrons. The molecule has 4 heteroatoms. The number of ether oxygens (including phenoxy) is 1. The van der Waals surface area contributed by atoms with E-state index in [1.54, 1.807) is 6.07 Å². The maximum atomic E-state index is 11.5. The highest BCUT2D eigenvalue weighted by Gasteiger charge is 2.42. The van der Waals surface area contributed by atoms with Crippen LogP contribution in [0.15, 0.2) is 23.0 Å². The summed E-state index contributed by atoms with van der Waals surface area (Å²) in [4.78, 5) is 14.4. The number of hydrogen-bond donors (Lipinski definition) is 1. The Morgan fingerprint density at radius 1 is 1.47 bits per heavy atom. The fraction of sp³-hybridized carbons (Fsp3) is 0.400. The molecule has 1 aliphatic heterocycles. The minimum Gasteiger partial charge on any atom is -0.485 e. The highest BCUT2D eigenvalue weighted by atomic mass is 127. The quantitative estimate of drug-likeness (QED) is 0.617. The zero-order valence-corrected chi connectivity index (χ0v) is 13.4. The van der Waals surface area contributed by atoms with Gasteiger partial charge in [-0.05, 0) is 31.5 Å². The van der Waals surface area contributed by atoms with Crippen molar-refractivity contribution in [2.75, 3.05) is 4.43 Å². The average molecular weight is 369 g/mol. The zero-order valence-electron chi connectivity index (χ0n) is 11.2. The lowest BCUT2D eigenvalue weighted by Gasteiger charge is -2.26. The van der Waals surface area contributed by atoms with E-state index in [2.05, 4.69) is 47.5 Å². The van der Waals surface area contributed by atoms with Crippen molar-refractivity contribution in [2.45, 2.75) is 32.3 Å². The summed E-state index contributed by atoms with van der Waals surface area (Å²) >= 11 is 2.37. The molecule has 1 aliphatic rings. The van der Waals surface area contributed by atoms with E-state index in [0.717, 1.165) is 26.6 Å². The van der Waals surface area contributed by atoms with Gasteiger partial charge in [-0.2, -0.15) is 0 Å². The number of rotatable bonds is 1. The van der Waals surface area contributed by atoms with E-state index in [4.69, 9.17) is 4.74 Å². The standard InChI is InChI=1S/C15H16INO2/c1-8-6-11-9(2)15(3,7-16)19-14(11)10-4-5-12(18)17-13(8)10/h4-6,9H,7H2,1-3H3,(H,17,18)/t9-,15-/m0/s1. The van der Waals surface area contributed by atoms with E-state index < -0.39 is 0 Å². The Bertz CT molecular complexity index is 722. The van der Waals surface area contributed by atoms with Gasteiger partial charge >= 0.3 is 0 Å². The first kappa shape index (κ1) is 13.0.